The molecule has 1 atom stereocenters. The molecule has 1 heterocycles. The lowest BCUT2D eigenvalue weighted by atomic mass is 10.1. The molecule has 1 fully saturated rings. The van der Waals surface area contributed by atoms with E-state index in [2.05, 4.69) is 10.2 Å². The third-order valence-electron chi connectivity index (χ3n) is 5.21. The van der Waals surface area contributed by atoms with Crippen LogP contribution < -0.4 is 19.7 Å². The molecule has 0 bridgehead atoms. The van der Waals surface area contributed by atoms with Gasteiger partial charge in [-0.15, -0.1) is 0 Å². The van der Waals surface area contributed by atoms with E-state index in [4.69, 9.17) is 14.2 Å². The third kappa shape index (κ3) is 4.66. The molecule has 30 heavy (non-hydrogen) atoms. The summed E-state index contributed by atoms with van der Waals surface area (Å²) in [6.45, 7) is 5.00. The number of nitrogens with zero attached hydrogens (tertiary/aromatic N) is 1. The van der Waals surface area contributed by atoms with Crippen molar-refractivity contribution in [2.75, 3.05) is 43.6 Å². The molecule has 1 N–H and O–H groups in total. The van der Waals surface area contributed by atoms with Crippen molar-refractivity contribution in [1.82, 2.24) is 0 Å². The van der Waals surface area contributed by atoms with Gasteiger partial charge in [0.2, 0.25) is 0 Å². The molecule has 0 aromatic heterocycles. The Morgan fingerprint density at radius 2 is 1.63 bits per heavy atom. The molecule has 156 valence electrons. The molecule has 0 spiro atoms. The van der Waals surface area contributed by atoms with Gasteiger partial charge in [0, 0.05) is 24.5 Å². The molecule has 0 unspecified atom stereocenters. The maximum absolute atomic E-state index is 12.6. The Kier molecular flexibility index (Phi) is 6.05. The Labute approximate surface area is 176 Å². The van der Waals surface area contributed by atoms with Crippen LogP contribution in [-0.2, 0) is 9.53 Å². The number of benzene rings is 3. The maximum Gasteiger partial charge on any atom is 0.265 e. The first kappa shape index (κ1) is 20.0. The van der Waals surface area contributed by atoms with Gasteiger partial charge in [-0.25, -0.2) is 0 Å². The zero-order chi connectivity index (χ0) is 20.9. The number of ether oxygens (including phenoxy) is 3. The van der Waals surface area contributed by atoms with Crippen molar-refractivity contribution in [3.05, 3.63) is 60.7 Å². The van der Waals surface area contributed by atoms with E-state index < -0.39 is 6.10 Å². The number of fused-ring (bicyclic) bond motifs is 1. The first-order valence-electron chi connectivity index (χ1n) is 10.1. The van der Waals surface area contributed by atoms with E-state index in [0.717, 1.165) is 54.2 Å². The average Bonchev–Trinajstić information content (AvgIpc) is 2.79. The Morgan fingerprint density at radius 1 is 0.967 bits per heavy atom. The predicted octanol–water partition coefficient (Wildman–Crippen LogP) is 4.09. The zero-order valence-electron chi connectivity index (χ0n) is 17.3. The highest BCUT2D eigenvalue weighted by Crippen LogP contribution is 2.26. The van der Waals surface area contributed by atoms with Gasteiger partial charge in [-0.05, 0) is 66.2 Å². The minimum atomic E-state index is -0.632. The van der Waals surface area contributed by atoms with Gasteiger partial charge in [-0.3, -0.25) is 4.79 Å². The summed E-state index contributed by atoms with van der Waals surface area (Å²) in [6.07, 6.45) is -0.632. The summed E-state index contributed by atoms with van der Waals surface area (Å²) in [5.41, 5.74) is 1.88. The third-order valence-corrected chi connectivity index (χ3v) is 5.21. The molecular formula is C24H26N2O4. The lowest BCUT2D eigenvalue weighted by molar-refractivity contribution is -0.122. The topological polar surface area (TPSA) is 60.0 Å². The summed E-state index contributed by atoms with van der Waals surface area (Å²) in [5.74, 6) is 1.23. The summed E-state index contributed by atoms with van der Waals surface area (Å²) in [4.78, 5) is 14.9. The van der Waals surface area contributed by atoms with Gasteiger partial charge >= 0.3 is 0 Å². The molecule has 3 aromatic carbocycles. The van der Waals surface area contributed by atoms with Crippen LogP contribution in [0, 0.1) is 0 Å². The van der Waals surface area contributed by atoms with Gasteiger partial charge in [0.1, 0.15) is 11.5 Å². The molecule has 6 nitrogen and oxygen atoms in total. The molecule has 6 heteroatoms. The van der Waals surface area contributed by atoms with E-state index in [1.54, 1.807) is 14.0 Å². The fraction of sp³-hybridized carbons (Fsp3) is 0.292. The van der Waals surface area contributed by atoms with Crippen molar-refractivity contribution < 1.29 is 19.0 Å². The standard InChI is InChI=1S/C24H26N2O4/c1-17(30-23-10-4-18-3-9-22(28-2)15-19(18)16-23)24(27)25-20-5-7-21(8-6-20)26-11-13-29-14-12-26/h3-10,15-17H,11-14H2,1-2H3,(H,25,27)/t17-/m1/s1. The number of nitrogens with one attached hydrogen (secondary N) is 1. The quantitative estimate of drug-likeness (QED) is 0.668. The number of anilines is 2. The number of methoxy groups -OCH3 is 1. The molecule has 1 aliphatic rings. The molecule has 1 aliphatic heterocycles. The van der Waals surface area contributed by atoms with Gasteiger partial charge in [0.25, 0.3) is 5.91 Å². The second-order valence-corrected chi connectivity index (χ2v) is 7.27. The van der Waals surface area contributed by atoms with Gasteiger partial charge < -0.3 is 24.4 Å². The fourth-order valence-corrected chi connectivity index (χ4v) is 3.48. The highest BCUT2D eigenvalue weighted by atomic mass is 16.5. The molecule has 4 rings (SSSR count). The first-order chi connectivity index (χ1) is 14.6. The largest absolute Gasteiger partial charge is 0.497 e. The zero-order valence-corrected chi connectivity index (χ0v) is 17.3. The van der Waals surface area contributed by atoms with Gasteiger partial charge in [0.15, 0.2) is 6.10 Å². The Hall–Kier alpha value is -3.25. The normalized spacial score (nSPS) is 14.9. The van der Waals surface area contributed by atoms with E-state index in [1.807, 2.05) is 60.7 Å². The van der Waals surface area contributed by atoms with Crippen molar-refractivity contribution in [1.29, 1.82) is 0 Å². The van der Waals surface area contributed by atoms with E-state index in [0.29, 0.717) is 5.75 Å². The van der Waals surface area contributed by atoms with Gasteiger partial charge in [-0.1, -0.05) is 12.1 Å². The Morgan fingerprint density at radius 3 is 2.33 bits per heavy atom. The molecule has 1 saturated heterocycles. The monoisotopic (exact) mass is 406 g/mol. The number of carbonyl (C=O) groups is 1. The van der Waals surface area contributed by atoms with Crippen LogP contribution in [0.1, 0.15) is 6.92 Å². The maximum atomic E-state index is 12.6. The minimum absolute atomic E-state index is 0.195. The van der Waals surface area contributed by atoms with Crippen LogP contribution in [0.25, 0.3) is 10.8 Å². The molecule has 0 saturated carbocycles. The van der Waals surface area contributed by atoms with Gasteiger partial charge in [0.05, 0.1) is 20.3 Å². The first-order valence-corrected chi connectivity index (χ1v) is 10.1. The van der Waals surface area contributed by atoms with Crippen molar-refractivity contribution in [3.8, 4) is 11.5 Å². The van der Waals surface area contributed by atoms with Crippen LogP contribution >= 0.6 is 0 Å². The second kappa shape index (κ2) is 9.05. The average molecular weight is 406 g/mol. The van der Waals surface area contributed by atoms with Crippen LogP contribution in [0.4, 0.5) is 11.4 Å². The summed E-state index contributed by atoms with van der Waals surface area (Å²) < 4.78 is 16.5. The number of hydrogen-bond acceptors (Lipinski definition) is 5. The minimum Gasteiger partial charge on any atom is -0.497 e. The fourth-order valence-electron chi connectivity index (χ4n) is 3.48. The van der Waals surface area contributed by atoms with Crippen molar-refractivity contribution in [3.63, 3.8) is 0 Å². The van der Waals surface area contributed by atoms with Crippen LogP contribution in [-0.4, -0.2) is 45.4 Å². The highest BCUT2D eigenvalue weighted by Gasteiger charge is 2.16. The van der Waals surface area contributed by atoms with E-state index in [9.17, 15) is 4.79 Å². The number of amides is 1. The lowest BCUT2D eigenvalue weighted by Crippen LogP contribution is -2.36. The molecule has 3 aromatic rings. The van der Waals surface area contributed by atoms with E-state index >= 15 is 0 Å². The second-order valence-electron chi connectivity index (χ2n) is 7.27. The molecule has 1 amide bonds. The predicted molar refractivity (Wildman–Crippen MR) is 119 cm³/mol. The van der Waals surface area contributed by atoms with Crippen LogP contribution in [0.5, 0.6) is 11.5 Å². The van der Waals surface area contributed by atoms with Gasteiger partial charge in [-0.2, -0.15) is 0 Å². The van der Waals surface area contributed by atoms with Crippen molar-refractivity contribution >= 4 is 28.1 Å². The van der Waals surface area contributed by atoms with Crippen LogP contribution in [0.3, 0.4) is 0 Å². The van der Waals surface area contributed by atoms with Crippen molar-refractivity contribution in [2.45, 2.75) is 13.0 Å². The number of hydrogen-bond donors (Lipinski definition) is 1. The smallest absolute Gasteiger partial charge is 0.265 e. The molecule has 0 aliphatic carbocycles. The highest BCUT2D eigenvalue weighted by molar-refractivity contribution is 5.94. The number of rotatable bonds is 6. The summed E-state index contributed by atoms with van der Waals surface area (Å²) in [7, 11) is 1.64. The van der Waals surface area contributed by atoms with Crippen LogP contribution in [0.2, 0.25) is 0 Å². The SMILES string of the molecule is COc1ccc2ccc(O[C@H](C)C(=O)Nc3ccc(N4CCOCC4)cc3)cc2c1. The summed E-state index contributed by atoms with van der Waals surface area (Å²) in [6, 6.07) is 19.5. The summed E-state index contributed by atoms with van der Waals surface area (Å²) in [5, 5.41) is 5.00. The summed E-state index contributed by atoms with van der Waals surface area (Å²) >= 11 is 0. The number of morpholine rings is 1. The van der Waals surface area contributed by atoms with E-state index in [1.165, 1.54) is 0 Å². The number of carbonyl (C=O) groups excluding carboxylic acids is 1. The lowest BCUT2D eigenvalue weighted by Gasteiger charge is -2.29. The molecular weight excluding hydrogens is 380 g/mol. The Balaban J connectivity index is 1.38. The van der Waals surface area contributed by atoms with Crippen molar-refractivity contribution in [2.24, 2.45) is 0 Å². The van der Waals surface area contributed by atoms with E-state index in [-0.39, 0.29) is 5.91 Å². The molecule has 0 radical (unpaired) electrons. The van der Waals surface area contributed by atoms with Crippen LogP contribution in [0.15, 0.2) is 60.7 Å². The Bertz CT molecular complexity index is 1010.